The summed E-state index contributed by atoms with van der Waals surface area (Å²) in [4.78, 5) is 14.2. The first-order chi connectivity index (χ1) is 9.41. The van der Waals surface area contributed by atoms with Gasteiger partial charge in [0.25, 0.3) is 5.91 Å². The summed E-state index contributed by atoms with van der Waals surface area (Å²) in [5.41, 5.74) is 3.44. The first kappa shape index (κ1) is 14.4. The van der Waals surface area contributed by atoms with E-state index < -0.39 is 0 Å². The highest BCUT2D eigenvalue weighted by Gasteiger charge is 2.18. The Morgan fingerprint density at radius 2 is 2.05 bits per heavy atom. The van der Waals surface area contributed by atoms with E-state index in [0.29, 0.717) is 22.0 Å². The number of aryl methyl sites for hydroxylation is 2. The van der Waals surface area contributed by atoms with Crippen LogP contribution in [0.15, 0.2) is 18.2 Å². The number of nitrogens with zero attached hydrogens (tertiary/aromatic N) is 2. The SMILES string of the molecule is Cc1n[nH]c(C)c1C(=O)Nc1cccc(Cl)c1N(C)C. The lowest BCUT2D eigenvalue weighted by Crippen LogP contribution is -2.18. The van der Waals surface area contributed by atoms with Gasteiger partial charge in [0.2, 0.25) is 0 Å². The second-order valence-corrected chi connectivity index (χ2v) is 5.20. The lowest BCUT2D eigenvalue weighted by molar-refractivity contribution is 0.102. The minimum absolute atomic E-state index is 0.195. The van der Waals surface area contributed by atoms with E-state index in [4.69, 9.17) is 11.6 Å². The van der Waals surface area contributed by atoms with Gasteiger partial charge in [0.1, 0.15) is 0 Å². The Kier molecular flexibility index (Phi) is 3.99. The number of para-hydroxylation sites is 1. The number of rotatable bonds is 3. The van der Waals surface area contributed by atoms with Gasteiger partial charge in [-0.05, 0) is 26.0 Å². The summed E-state index contributed by atoms with van der Waals surface area (Å²) >= 11 is 6.18. The van der Waals surface area contributed by atoms with Gasteiger partial charge in [-0.2, -0.15) is 5.10 Å². The van der Waals surface area contributed by atoms with Crippen LogP contribution in [0.5, 0.6) is 0 Å². The van der Waals surface area contributed by atoms with Crippen molar-refractivity contribution in [3.05, 3.63) is 40.2 Å². The van der Waals surface area contributed by atoms with Crippen molar-refractivity contribution in [1.29, 1.82) is 0 Å². The lowest BCUT2D eigenvalue weighted by atomic mass is 10.1. The summed E-state index contributed by atoms with van der Waals surface area (Å²) < 4.78 is 0. The number of anilines is 2. The highest BCUT2D eigenvalue weighted by atomic mass is 35.5. The van der Waals surface area contributed by atoms with Crippen molar-refractivity contribution in [1.82, 2.24) is 10.2 Å². The third-order valence-electron chi connectivity index (χ3n) is 3.04. The van der Waals surface area contributed by atoms with Gasteiger partial charge < -0.3 is 10.2 Å². The molecule has 106 valence electrons. The number of benzene rings is 1. The van der Waals surface area contributed by atoms with Gasteiger partial charge in [0, 0.05) is 19.8 Å². The monoisotopic (exact) mass is 292 g/mol. The van der Waals surface area contributed by atoms with Crippen LogP contribution in [0.4, 0.5) is 11.4 Å². The highest BCUT2D eigenvalue weighted by Crippen LogP contribution is 2.32. The predicted molar refractivity (Wildman–Crippen MR) is 81.8 cm³/mol. The maximum Gasteiger partial charge on any atom is 0.259 e. The Hall–Kier alpha value is -2.01. The van der Waals surface area contributed by atoms with Crippen molar-refractivity contribution in [2.45, 2.75) is 13.8 Å². The number of halogens is 1. The van der Waals surface area contributed by atoms with E-state index in [9.17, 15) is 4.79 Å². The zero-order valence-electron chi connectivity index (χ0n) is 11.9. The van der Waals surface area contributed by atoms with Crippen LogP contribution < -0.4 is 10.2 Å². The Balaban J connectivity index is 2.36. The second kappa shape index (κ2) is 5.54. The van der Waals surface area contributed by atoms with Crippen molar-refractivity contribution in [2.75, 3.05) is 24.3 Å². The van der Waals surface area contributed by atoms with E-state index in [1.165, 1.54) is 0 Å². The Labute approximate surface area is 122 Å². The molecule has 1 amide bonds. The van der Waals surface area contributed by atoms with Gasteiger partial charge in [0.15, 0.2) is 0 Å². The summed E-state index contributed by atoms with van der Waals surface area (Å²) in [7, 11) is 3.76. The molecule has 5 nitrogen and oxygen atoms in total. The predicted octanol–water partition coefficient (Wildman–Crippen LogP) is 3.00. The first-order valence-electron chi connectivity index (χ1n) is 6.20. The number of carbonyl (C=O) groups is 1. The molecule has 1 aromatic heterocycles. The van der Waals surface area contributed by atoms with Gasteiger partial charge >= 0.3 is 0 Å². The highest BCUT2D eigenvalue weighted by molar-refractivity contribution is 6.34. The van der Waals surface area contributed by atoms with Crippen molar-refractivity contribution in [3.8, 4) is 0 Å². The zero-order chi connectivity index (χ0) is 14.9. The summed E-state index contributed by atoms with van der Waals surface area (Å²) in [6, 6.07) is 5.42. The lowest BCUT2D eigenvalue weighted by Gasteiger charge is -2.19. The molecular weight excluding hydrogens is 276 g/mol. The quantitative estimate of drug-likeness (QED) is 0.914. The number of amides is 1. The molecule has 0 radical (unpaired) electrons. The fraction of sp³-hybridized carbons (Fsp3) is 0.286. The van der Waals surface area contributed by atoms with E-state index in [1.54, 1.807) is 19.1 Å². The number of nitrogens with one attached hydrogen (secondary N) is 2. The molecule has 1 heterocycles. The van der Waals surface area contributed by atoms with Crippen LogP contribution in [-0.4, -0.2) is 30.2 Å². The smallest absolute Gasteiger partial charge is 0.259 e. The largest absolute Gasteiger partial charge is 0.375 e. The molecule has 2 aromatic rings. The summed E-state index contributed by atoms with van der Waals surface area (Å²) in [5, 5.41) is 10.3. The molecule has 0 bridgehead atoms. The number of hydrogen-bond acceptors (Lipinski definition) is 3. The van der Waals surface area contributed by atoms with Gasteiger partial charge in [-0.1, -0.05) is 17.7 Å². The summed E-state index contributed by atoms with van der Waals surface area (Å²) in [5.74, 6) is -0.195. The van der Waals surface area contributed by atoms with Gasteiger partial charge in [-0.15, -0.1) is 0 Å². The van der Waals surface area contributed by atoms with Crippen LogP contribution in [0.3, 0.4) is 0 Å². The maximum atomic E-state index is 12.4. The average Bonchev–Trinajstić information content (AvgIpc) is 2.68. The topological polar surface area (TPSA) is 61.0 Å². The third-order valence-corrected chi connectivity index (χ3v) is 3.34. The van der Waals surface area contributed by atoms with Crippen LogP contribution >= 0.6 is 11.6 Å². The normalized spacial score (nSPS) is 10.4. The van der Waals surface area contributed by atoms with Crippen LogP contribution in [0.25, 0.3) is 0 Å². The van der Waals surface area contributed by atoms with Crippen molar-refractivity contribution in [2.24, 2.45) is 0 Å². The molecule has 1 aromatic carbocycles. The zero-order valence-corrected chi connectivity index (χ0v) is 12.7. The summed E-state index contributed by atoms with van der Waals surface area (Å²) in [6.07, 6.45) is 0. The first-order valence-corrected chi connectivity index (χ1v) is 6.58. The van der Waals surface area contributed by atoms with Gasteiger partial charge in [-0.3, -0.25) is 9.89 Å². The van der Waals surface area contributed by atoms with Gasteiger partial charge in [0.05, 0.1) is 27.7 Å². The van der Waals surface area contributed by atoms with Crippen LogP contribution in [0.2, 0.25) is 5.02 Å². The second-order valence-electron chi connectivity index (χ2n) is 4.79. The van der Waals surface area contributed by atoms with E-state index >= 15 is 0 Å². The number of carbonyl (C=O) groups excluding carboxylic acids is 1. The minimum atomic E-state index is -0.195. The molecule has 2 rings (SSSR count). The number of aromatic amines is 1. The molecule has 0 aliphatic rings. The average molecular weight is 293 g/mol. The third kappa shape index (κ3) is 2.63. The van der Waals surface area contributed by atoms with Crippen molar-refractivity contribution < 1.29 is 4.79 Å². The number of hydrogen-bond donors (Lipinski definition) is 2. The van der Waals surface area contributed by atoms with E-state index in [0.717, 1.165) is 11.4 Å². The van der Waals surface area contributed by atoms with Crippen molar-refractivity contribution in [3.63, 3.8) is 0 Å². The van der Waals surface area contributed by atoms with E-state index in [2.05, 4.69) is 15.5 Å². The Bertz CT molecular complexity index is 629. The van der Waals surface area contributed by atoms with Gasteiger partial charge in [-0.25, -0.2) is 0 Å². The Morgan fingerprint density at radius 1 is 1.35 bits per heavy atom. The Morgan fingerprint density at radius 3 is 2.60 bits per heavy atom. The fourth-order valence-electron chi connectivity index (χ4n) is 2.14. The molecule has 0 spiro atoms. The molecule has 6 heteroatoms. The maximum absolute atomic E-state index is 12.4. The molecule has 20 heavy (non-hydrogen) atoms. The van der Waals surface area contributed by atoms with Crippen LogP contribution in [0, 0.1) is 13.8 Å². The molecule has 0 saturated heterocycles. The minimum Gasteiger partial charge on any atom is -0.375 e. The standard InChI is InChI=1S/C14H17ClN4O/c1-8-12(9(2)18-17-8)14(20)16-11-7-5-6-10(15)13(11)19(3)4/h5-7H,1-4H3,(H,16,20)(H,17,18). The molecule has 2 N–H and O–H groups in total. The molecule has 0 aliphatic heterocycles. The van der Waals surface area contributed by atoms with Crippen LogP contribution in [0.1, 0.15) is 21.7 Å². The molecule has 0 unspecified atom stereocenters. The summed E-state index contributed by atoms with van der Waals surface area (Å²) in [6.45, 7) is 3.61. The number of H-pyrrole nitrogens is 1. The molecule has 0 aliphatic carbocycles. The van der Waals surface area contributed by atoms with Crippen LogP contribution in [-0.2, 0) is 0 Å². The molecule has 0 fully saturated rings. The fourth-order valence-corrected chi connectivity index (χ4v) is 2.48. The van der Waals surface area contributed by atoms with E-state index in [1.807, 2.05) is 32.0 Å². The van der Waals surface area contributed by atoms with E-state index in [-0.39, 0.29) is 5.91 Å². The molecule has 0 atom stereocenters. The molecular formula is C14H17ClN4O. The molecule has 0 saturated carbocycles. The van der Waals surface area contributed by atoms with Crippen molar-refractivity contribution >= 4 is 28.9 Å². The number of aromatic nitrogens is 2.